The Morgan fingerprint density at radius 2 is 2.00 bits per heavy atom. The van der Waals surface area contributed by atoms with Crippen LogP contribution in [0, 0.1) is 0 Å². The van der Waals surface area contributed by atoms with Crippen LogP contribution in [-0.4, -0.2) is 37.1 Å². The number of carbonyl (C=O) groups is 3. The number of hydrogen-bond acceptors (Lipinski definition) is 3. The van der Waals surface area contributed by atoms with Crippen LogP contribution in [0.25, 0.3) is 0 Å². The van der Waals surface area contributed by atoms with E-state index >= 15 is 0 Å². The summed E-state index contributed by atoms with van der Waals surface area (Å²) in [6.45, 7) is 0. The average molecular weight is 255 g/mol. The molecule has 1 aromatic carbocycles. The number of hydrogen-bond donors (Lipinski definition) is 1. The van der Waals surface area contributed by atoms with Crippen molar-refractivity contribution >= 4 is 35.4 Å². The zero-order chi connectivity index (χ0) is 13.0. The molecule has 0 heterocycles. The molecule has 0 radical (unpaired) electrons. The van der Waals surface area contributed by atoms with Crippen molar-refractivity contribution in [3.8, 4) is 0 Å². The Bertz CT molecular complexity index is 472. The highest BCUT2D eigenvalue weighted by molar-refractivity contribution is 6.40. The summed E-state index contributed by atoms with van der Waals surface area (Å²) < 4.78 is 0. The fraction of sp³-hybridized carbons (Fsp3) is 0.182. The predicted molar refractivity (Wildman–Crippen MR) is 64.2 cm³/mol. The lowest BCUT2D eigenvalue weighted by Crippen LogP contribution is -2.34. The molecular formula is C11H11ClN2O3. The van der Waals surface area contributed by atoms with Gasteiger partial charge in [-0.3, -0.25) is 14.4 Å². The first-order valence-corrected chi connectivity index (χ1v) is 5.11. The minimum absolute atomic E-state index is 0.215. The van der Waals surface area contributed by atoms with Crippen molar-refractivity contribution in [2.24, 2.45) is 0 Å². The third-order valence-corrected chi connectivity index (χ3v) is 2.23. The number of halogens is 1. The molecule has 0 atom stereocenters. The number of likely N-dealkylation sites (N-methyl/N-ethyl adjacent to an activating group) is 1. The second kappa shape index (κ2) is 5.45. The molecule has 0 unspecified atom stereocenters. The molecule has 0 aliphatic carbocycles. The average Bonchev–Trinajstić information content (AvgIpc) is 2.28. The van der Waals surface area contributed by atoms with Gasteiger partial charge >= 0.3 is 11.8 Å². The molecule has 0 aromatic heterocycles. The van der Waals surface area contributed by atoms with Crippen molar-refractivity contribution < 1.29 is 14.4 Å². The summed E-state index contributed by atoms with van der Waals surface area (Å²) in [5, 5.41) is 2.70. The molecule has 0 aliphatic heterocycles. The van der Waals surface area contributed by atoms with Crippen molar-refractivity contribution in [3.63, 3.8) is 0 Å². The molecule has 1 N–H and O–H groups in total. The second-order valence-corrected chi connectivity index (χ2v) is 3.94. The fourth-order valence-electron chi connectivity index (χ4n) is 1.12. The number of anilines is 1. The molecule has 0 bridgehead atoms. The Morgan fingerprint density at radius 3 is 2.53 bits per heavy atom. The number of aldehydes is 1. The van der Waals surface area contributed by atoms with E-state index in [1.807, 2.05) is 0 Å². The van der Waals surface area contributed by atoms with Crippen LogP contribution in [0.5, 0.6) is 0 Å². The standard InChI is InChI=1S/C11H11ClN2O3/c1-14(2)11(17)10(16)13-9-5-8(12)4-3-7(9)6-15/h3-6H,1-2H3,(H,13,16). The van der Waals surface area contributed by atoms with Gasteiger partial charge < -0.3 is 10.2 Å². The van der Waals surface area contributed by atoms with Gasteiger partial charge in [0.05, 0.1) is 5.69 Å². The molecule has 0 spiro atoms. The van der Waals surface area contributed by atoms with E-state index in [-0.39, 0.29) is 11.3 Å². The Kier molecular flexibility index (Phi) is 4.23. The lowest BCUT2D eigenvalue weighted by atomic mass is 10.2. The third-order valence-electron chi connectivity index (χ3n) is 1.99. The van der Waals surface area contributed by atoms with Gasteiger partial charge in [0.15, 0.2) is 6.29 Å². The maximum absolute atomic E-state index is 11.5. The SMILES string of the molecule is CN(C)C(=O)C(=O)Nc1cc(Cl)ccc1C=O. The third kappa shape index (κ3) is 3.29. The van der Waals surface area contributed by atoms with Crippen molar-refractivity contribution in [1.29, 1.82) is 0 Å². The summed E-state index contributed by atoms with van der Waals surface area (Å²) in [5.41, 5.74) is 0.474. The molecule has 0 aliphatic rings. The van der Waals surface area contributed by atoms with Gasteiger partial charge in [-0.25, -0.2) is 0 Å². The first-order valence-electron chi connectivity index (χ1n) is 4.73. The second-order valence-electron chi connectivity index (χ2n) is 3.50. The summed E-state index contributed by atoms with van der Waals surface area (Å²) in [5.74, 6) is -1.53. The minimum atomic E-state index is -0.819. The molecule has 0 fully saturated rings. The van der Waals surface area contributed by atoms with Gasteiger partial charge in [-0.2, -0.15) is 0 Å². The number of benzene rings is 1. The fourth-order valence-corrected chi connectivity index (χ4v) is 1.29. The summed E-state index contributed by atoms with van der Waals surface area (Å²) in [6.07, 6.45) is 0.575. The first kappa shape index (κ1) is 13.2. The van der Waals surface area contributed by atoms with E-state index in [4.69, 9.17) is 11.6 Å². The number of amides is 2. The molecule has 90 valence electrons. The van der Waals surface area contributed by atoms with Crippen molar-refractivity contribution in [1.82, 2.24) is 4.90 Å². The topological polar surface area (TPSA) is 66.5 Å². The zero-order valence-electron chi connectivity index (χ0n) is 9.36. The van der Waals surface area contributed by atoms with Gasteiger partial charge in [0.1, 0.15) is 0 Å². The van der Waals surface area contributed by atoms with E-state index in [1.165, 1.54) is 32.3 Å². The lowest BCUT2D eigenvalue weighted by Gasteiger charge is -2.11. The van der Waals surface area contributed by atoms with E-state index < -0.39 is 11.8 Å². The van der Waals surface area contributed by atoms with Gasteiger partial charge in [-0.15, -0.1) is 0 Å². The molecule has 5 nitrogen and oxygen atoms in total. The van der Waals surface area contributed by atoms with Crippen LogP contribution in [0.1, 0.15) is 10.4 Å². The van der Waals surface area contributed by atoms with Crippen molar-refractivity contribution in [2.75, 3.05) is 19.4 Å². The summed E-state index contributed by atoms with van der Waals surface area (Å²) in [7, 11) is 2.92. The molecular weight excluding hydrogens is 244 g/mol. The van der Waals surface area contributed by atoms with Crippen LogP contribution in [0.15, 0.2) is 18.2 Å². The quantitative estimate of drug-likeness (QED) is 0.637. The van der Waals surface area contributed by atoms with Gasteiger partial charge in [-0.05, 0) is 18.2 Å². The monoisotopic (exact) mass is 254 g/mol. The van der Waals surface area contributed by atoms with E-state index in [9.17, 15) is 14.4 Å². The van der Waals surface area contributed by atoms with Crippen LogP contribution in [0.3, 0.4) is 0 Å². The number of rotatable bonds is 2. The molecule has 1 rings (SSSR count). The van der Waals surface area contributed by atoms with Gasteiger partial charge in [0.25, 0.3) is 0 Å². The van der Waals surface area contributed by atoms with E-state index in [0.29, 0.717) is 11.3 Å². The maximum atomic E-state index is 11.5. The largest absolute Gasteiger partial charge is 0.341 e. The van der Waals surface area contributed by atoms with E-state index in [1.54, 1.807) is 0 Å². The van der Waals surface area contributed by atoms with Gasteiger partial charge in [0, 0.05) is 24.7 Å². The lowest BCUT2D eigenvalue weighted by molar-refractivity contribution is -0.141. The van der Waals surface area contributed by atoms with Gasteiger partial charge in [-0.1, -0.05) is 11.6 Å². The van der Waals surface area contributed by atoms with E-state index in [2.05, 4.69) is 5.32 Å². The molecule has 1 aromatic rings. The van der Waals surface area contributed by atoms with E-state index in [0.717, 1.165) is 4.90 Å². The Morgan fingerprint density at radius 1 is 1.35 bits per heavy atom. The maximum Gasteiger partial charge on any atom is 0.313 e. The first-order chi connectivity index (χ1) is 7.95. The normalized spacial score (nSPS) is 9.59. The van der Waals surface area contributed by atoms with Crippen LogP contribution in [0.4, 0.5) is 5.69 Å². The Balaban J connectivity index is 2.95. The van der Waals surface area contributed by atoms with Crippen LogP contribution in [0.2, 0.25) is 5.02 Å². The summed E-state index contributed by atoms with van der Waals surface area (Å²) in [4.78, 5) is 34.7. The summed E-state index contributed by atoms with van der Waals surface area (Å²) >= 11 is 5.74. The van der Waals surface area contributed by atoms with Crippen molar-refractivity contribution in [2.45, 2.75) is 0 Å². The number of nitrogens with one attached hydrogen (secondary N) is 1. The number of carbonyl (C=O) groups excluding carboxylic acids is 3. The molecule has 0 saturated carbocycles. The minimum Gasteiger partial charge on any atom is -0.341 e. The Hall–Kier alpha value is -1.88. The Labute approximate surface area is 103 Å². The zero-order valence-corrected chi connectivity index (χ0v) is 10.1. The molecule has 0 saturated heterocycles. The van der Waals surface area contributed by atoms with Crippen LogP contribution >= 0.6 is 11.6 Å². The highest BCUT2D eigenvalue weighted by Gasteiger charge is 2.17. The molecule has 6 heteroatoms. The molecule has 17 heavy (non-hydrogen) atoms. The van der Waals surface area contributed by atoms with Crippen LogP contribution in [-0.2, 0) is 9.59 Å². The predicted octanol–water partition coefficient (Wildman–Crippen LogP) is 1.18. The smallest absolute Gasteiger partial charge is 0.313 e. The number of nitrogens with zero attached hydrogens (tertiary/aromatic N) is 1. The summed E-state index contributed by atoms with van der Waals surface area (Å²) in [6, 6.07) is 4.39. The highest BCUT2D eigenvalue weighted by Crippen LogP contribution is 2.19. The highest BCUT2D eigenvalue weighted by atomic mass is 35.5. The molecule has 2 amide bonds. The van der Waals surface area contributed by atoms with Crippen molar-refractivity contribution in [3.05, 3.63) is 28.8 Å². The van der Waals surface area contributed by atoms with Gasteiger partial charge in [0.2, 0.25) is 0 Å². The van der Waals surface area contributed by atoms with Crippen LogP contribution < -0.4 is 5.32 Å².